The average Bonchev–Trinajstić information content (AvgIpc) is 3.04. The zero-order valence-electron chi connectivity index (χ0n) is 13.0. The van der Waals surface area contributed by atoms with Gasteiger partial charge in [0.2, 0.25) is 0 Å². The van der Waals surface area contributed by atoms with Crippen molar-refractivity contribution in [2.75, 3.05) is 13.2 Å². The molecule has 1 amide bonds. The molecule has 120 valence electrons. The van der Waals surface area contributed by atoms with Gasteiger partial charge in [-0.3, -0.25) is 4.79 Å². The number of nitrogens with one attached hydrogen (secondary N) is 1. The molecule has 0 fully saturated rings. The van der Waals surface area contributed by atoms with E-state index < -0.39 is 5.97 Å². The van der Waals surface area contributed by atoms with E-state index in [0.29, 0.717) is 6.54 Å². The maximum atomic E-state index is 11.6. The van der Waals surface area contributed by atoms with Crippen molar-refractivity contribution in [3.05, 3.63) is 63.9 Å². The predicted molar refractivity (Wildman–Crippen MR) is 92.2 cm³/mol. The lowest BCUT2D eigenvalue weighted by atomic mass is 10.1. The number of rotatable bonds is 7. The summed E-state index contributed by atoms with van der Waals surface area (Å²) in [6.45, 7) is 2.26. The van der Waals surface area contributed by atoms with E-state index in [-0.39, 0.29) is 12.5 Å². The molecule has 0 aliphatic rings. The number of thiophene rings is 1. The quantitative estimate of drug-likeness (QED) is 0.627. The molecule has 23 heavy (non-hydrogen) atoms. The molecule has 1 N–H and O–H groups in total. The number of hydrogen-bond acceptors (Lipinski definition) is 4. The third kappa shape index (κ3) is 6.48. The van der Waals surface area contributed by atoms with Crippen LogP contribution in [-0.2, 0) is 20.7 Å². The van der Waals surface area contributed by atoms with Crippen molar-refractivity contribution in [3.63, 3.8) is 0 Å². The highest BCUT2D eigenvalue weighted by atomic mass is 32.1. The fourth-order valence-corrected chi connectivity index (χ4v) is 2.66. The monoisotopic (exact) mass is 329 g/mol. The van der Waals surface area contributed by atoms with Crippen molar-refractivity contribution in [2.45, 2.75) is 13.3 Å². The van der Waals surface area contributed by atoms with Crippen LogP contribution in [0.4, 0.5) is 0 Å². The van der Waals surface area contributed by atoms with Crippen LogP contribution < -0.4 is 5.32 Å². The van der Waals surface area contributed by atoms with E-state index in [1.165, 1.54) is 11.0 Å². The maximum Gasteiger partial charge on any atom is 0.331 e. The fraction of sp³-hybridized carbons (Fsp3) is 0.222. The van der Waals surface area contributed by atoms with Crippen LogP contribution in [0.25, 0.3) is 6.08 Å². The van der Waals surface area contributed by atoms with Gasteiger partial charge in [0, 0.05) is 17.5 Å². The summed E-state index contributed by atoms with van der Waals surface area (Å²) in [5, 5.41) is 4.72. The molecule has 4 nitrogen and oxygen atoms in total. The molecular formula is C18H19NO3S. The Morgan fingerprint density at radius 3 is 2.87 bits per heavy atom. The van der Waals surface area contributed by atoms with E-state index in [9.17, 15) is 9.59 Å². The van der Waals surface area contributed by atoms with Crippen molar-refractivity contribution in [2.24, 2.45) is 0 Å². The lowest BCUT2D eigenvalue weighted by Crippen LogP contribution is -2.30. The second kappa shape index (κ2) is 8.90. The lowest BCUT2D eigenvalue weighted by molar-refractivity contribution is -0.143. The highest BCUT2D eigenvalue weighted by Crippen LogP contribution is 2.08. The molecule has 2 rings (SSSR count). The Morgan fingerprint density at radius 1 is 1.26 bits per heavy atom. The van der Waals surface area contributed by atoms with Crippen molar-refractivity contribution >= 4 is 29.3 Å². The van der Waals surface area contributed by atoms with Crippen LogP contribution >= 0.6 is 11.3 Å². The molecule has 5 heteroatoms. The van der Waals surface area contributed by atoms with E-state index >= 15 is 0 Å². The number of aryl methyl sites for hydroxylation is 1. The molecule has 1 heterocycles. The topological polar surface area (TPSA) is 55.4 Å². The van der Waals surface area contributed by atoms with Crippen LogP contribution in [0, 0.1) is 6.92 Å². The Hall–Kier alpha value is -2.40. The number of ether oxygens (including phenoxy) is 1. The zero-order valence-corrected chi connectivity index (χ0v) is 13.8. The summed E-state index contributed by atoms with van der Waals surface area (Å²) in [5.74, 6) is -0.821. The Kier molecular flexibility index (Phi) is 6.56. The zero-order chi connectivity index (χ0) is 16.5. The van der Waals surface area contributed by atoms with Crippen LogP contribution in [0.15, 0.2) is 47.9 Å². The van der Waals surface area contributed by atoms with E-state index in [1.807, 2.05) is 48.7 Å². The van der Waals surface area contributed by atoms with Gasteiger partial charge in [-0.15, -0.1) is 11.3 Å². The van der Waals surface area contributed by atoms with E-state index in [0.717, 1.165) is 17.5 Å². The summed E-state index contributed by atoms with van der Waals surface area (Å²) in [6.07, 6.45) is 3.78. The minimum Gasteiger partial charge on any atom is -0.452 e. The Morgan fingerprint density at radius 2 is 2.13 bits per heavy atom. The third-order valence-corrected chi connectivity index (χ3v) is 4.01. The van der Waals surface area contributed by atoms with Gasteiger partial charge in [0.05, 0.1) is 0 Å². The molecule has 0 unspecified atom stereocenters. The Balaban J connectivity index is 1.66. The number of carbonyl (C=O) groups excluding carboxylic acids is 2. The summed E-state index contributed by atoms with van der Waals surface area (Å²) in [7, 11) is 0. The fourth-order valence-electron chi connectivity index (χ4n) is 1.95. The van der Waals surface area contributed by atoms with Crippen molar-refractivity contribution in [1.82, 2.24) is 5.32 Å². The van der Waals surface area contributed by atoms with Crippen LogP contribution in [0.5, 0.6) is 0 Å². The smallest absolute Gasteiger partial charge is 0.331 e. The normalized spacial score (nSPS) is 10.7. The molecule has 1 aromatic carbocycles. The van der Waals surface area contributed by atoms with Crippen molar-refractivity contribution in [1.29, 1.82) is 0 Å². The van der Waals surface area contributed by atoms with E-state index in [2.05, 4.69) is 5.32 Å². The van der Waals surface area contributed by atoms with Crippen LogP contribution in [0.2, 0.25) is 0 Å². The highest BCUT2D eigenvalue weighted by molar-refractivity contribution is 7.09. The predicted octanol–water partition coefficient (Wildman–Crippen LogP) is 2.97. The molecule has 0 aliphatic heterocycles. The Labute approximate surface area is 139 Å². The summed E-state index contributed by atoms with van der Waals surface area (Å²) in [6, 6.07) is 11.8. The highest BCUT2D eigenvalue weighted by Gasteiger charge is 2.04. The van der Waals surface area contributed by atoms with Crippen LogP contribution in [0.3, 0.4) is 0 Å². The Bertz CT molecular complexity index is 677. The summed E-state index contributed by atoms with van der Waals surface area (Å²) >= 11 is 1.65. The molecule has 0 bridgehead atoms. The van der Waals surface area contributed by atoms with Gasteiger partial charge in [-0.1, -0.05) is 35.9 Å². The molecule has 1 aromatic heterocycles. The summed E-state index contributed by atoms with van der Waals surface area (Å²) in [4.78, 5) is 24.4. The number of hydrogen-bond donors (Lipinski definition) is 1. The third-order valence-electron chi connectivity index (χ3n) is 3.07. The van der Waals surface area contributed by atoms with Crippen LogP contribution in [0.1, 0.15) is 16.0 Å². The number of amides is 1. The molecular weight excluding hydrogens is 310 g/mol. The second-order valence-electron chi connectivity index (χ2n) is 5.03. The molecule has 0 radical (unpaired) electrons. The van der Waals surface area contributed by atoms with Crippen LogP contribution in [-0.4, -0.2) is 25.0 Å². The van der Waals surface area contributed by atoms with E-state index in [1.54, 1.807) is 17.4 Å². The summed E-state index contributed by atoms with van der Waals surface area (Å²) < 4.78 is 4.91. The minimum atomic E-state index is -0.528. The number of carbonyl (C=O) groups is 2. The number of benzene rings is 1. The van der Waals surface area contributed by atoms with Gasteiger partial charge in [-0.05, 0) is 36.4 Å². The van der Waals surface area contributed by atoms with Gasteiger partial charge in [0.1, 0.15) is 0 Å². The first-order chi connectivity index (χ1) is 11.1. The first kappa shape index (κ1) is 17.0. The lowest BCUT2D eigenvalue weighted by Gasteiger charge is -2.04. The largest absolute Gasteiger partial charge is 0.452 e. The first-order valence-electron chi connectivity index (χ1n) is 7.34. The molecule has 0 atom stereocenters. The van der Waals surface area contributed by atoms with Gasteiger partial charge in [-0.2, -0.15) is 0 Å². The molecule has 0 saturated heterocycles. The maximum absolute atomic E-state index is 11.6. The van der Waals surface area contributed by atoms with Gasteiger partial charge >= 0.3 is 5.97 Å². The van der Waals surface area contributed by atoms with Gasteiger partial charge in [0.15, 0.2) is 6.61 Å². The number of esters is 1. The molecule has 0 aliphatic carbocycles. The standard InChI is InChI=1S/C18H19NO3S/c1-14-4-2-5-15(12-14)7-8-18(21)22-13-17(20)19-10-9-16-6-3-11-23-16/h2-8,11-12H,9-10,13H2,1H3,(H,19,20)/b8-7+. The average molecular weight is 329 g/mol. The van der Waals surface area contributed by atoms with Gasteiger partial charge in [-0.25, -0.2) is 4.79 Å². The van der Waals surface area contributed by atoms with Gasteiger partial charge in [0.25, 0.3) is 5.91 Å². The first-order valence-corrected chi connectivity index (χ1v) is 8.22. The van der Waals surface area contributed by atoms with Crippen molar-refractivity contribution in [3.8, 4) is 0 Å². The molecule has 2 aromatic rings. The minimum absolute atomic E-state index is 0.262. The molecule has 0 spiro atoms. The van der Waals surface area contributed by atoms with E-state index in [4.69, 9.17) is 4.74 Å². The summed E-state index contributed by atoms with van der Waals surface area (Å²) in [5.41, 5.74) is 2.04. The van der Waals surface area contributed by atoms with Crippen molar-refractivity contribution < 1.29 is 14.3 Å². The molecule has 0 saturated carbocycles. The second-order valence-corrected chi connectivity index (χ2v) is 6.07. The van der Waals surface area contributed by atoms with Gasteiger partial charge < -0.3 is 10.1 Å². The SMILES string of the molecule is Cc1cccc(/C=C/C(=O)OCC(=O)NCCc2cccs2)c1.